The Balaban J connectivity index is 1.98. The second-order valence-electron chi connectivity index (χ2n) is 4.94. The lowest BCUT2D eigenvalue weighted by Gasteiger charge is -2.18. The molecule has 0 saturated heterocycles. The van der Waals surface area contributed by atoms with Gasteiger partial charge in [-0.25, -0.2) is 0 Å². The molecule has 1 fully saturated rings. The van der Waals surface area contributed by atoms with Crippen LogP contribution >= 0.6 is 11.6 Å². The van der Waals surface area contributed by atoms with E-state index in [1.54, 1.807) is 30.3 Å². The van der Waals surface area contributed by atoms with Gasteiger partial charge in [-0.05, 0) is 42.5 Å². The number of benzene rings is 1. The van der Waals surface area contributed by atoms with Crippen LogP contribution in [-0.4, -0.2) is 35.0 Å². The smallest absolute Gasteiger partial charge is 0.323 e. The maximum atomic E-state index is 12.0. The van der Waals surface area contributed by atoms with Crippen molar-refractivity contribution in [1.29, 1.82) is 0 Å². The molecule has 0 atom stereocenters. The summed E-state index contributed by atoms with van der Waals surface area (Å²) in [6.45, 7) is 0.274. The molecular weight excluding hydrogens is 278 g/mol. The second kappa shape index (κ2) is 6.57. The Kier molecular flexibility index (Phi) is 4.79. The SMILES string of the molecule is O=C(O)CN(CC1CC1)C(=O)/C=C/c1ccc(Cl)cc1. The van der Waals surface area contributed by atoms with Crippen molar-refractivity contribution in [2.24, 2.45) is 5.92 Å². The highest BCUT2D eigenvalue weighted by Crippen LogP contribution is 2.29. The fourth-order valence-electron chi connectivity index (χ4n) is 1.85. The number of carboxylic acids is 1. The van der Waals surface area contributed by atoms with E-state index in [0.29, 0.717) is 17.5 Å². The number of aliphatic carboxylic acids is 1. The summed E-state index contributed by atoms with van der Waals surface area (Å²) in [5.41, 5.74) is 0.851. The van der Waals surface area contributed by atoms with Gasteiger partial charge in [0.25, 0.3) is 0 Å². The third kappa shape index (κ3) is 4.70. The van der Waals surface area contributed by atoms with Crippen LogP contribution in [0.15, 0.2) is 30.3 Å². The molecular formula is C15H16ClNO3. The lowest BCUT2D eigenvalue weighted by Crippen LogP contribution is -2.36. The predicted octanol–water partition coefficient (Wildman–Crippen LogP) is 2.68. The zero-order valence-corrected chi connectivity index (χ0v) is 11.7. The molecule has 5 heteroatoms. The van der Waals surface area contributed by atoms with Gasteiger partial charge in [0.1, 0.15) is 6.54 Å². The number of carbonyl (C=O) groups excluding carboxylic acids is 1. The van der Waals surface area contributed by atoms with Gasteiger partial charge >= 0.3 is 5.97 Å². The molecule has 1 aromatic carbocycles. The molecule has 20 heavy (non-hydrogen) atoms. The van der Waals surface area contributed by atoms with Crippen molar-refractivity contribution in [3.8, 4) is 0 Å². The maximum absolute atomic E-state index is 12.0. The average Bonchev–Trinajstić information content (AvgIpc) is 3.20. The van der Waals surface area contributed by atoms with Gasteiger partial charge in [-0.15, -0.1) is 0 Å². The molecule has 0 radical (unpaired) electrons. The fraction of sp³-hybridized carbons (Fsp3) is 0.333. The van der Waals surface area contributed by atoms with Crippen molar-refractivity contribution in [1.82, 2.24) is 4.90 Å². The Morgan fingerprint density at radius 2 is 1.95 bits per heavy atom. The van der Waals surface area contributed by atoms with Crippen LogP contribution in [0.1, 0.15) is 18.4 Å². The highest BCUT2D eigenvalue weighted by molar-refractivity contribution is 6.30. The van der Waals surface area contributed by atoms with Crippen LogP contribution < -0.4 is 0 Å². The number of rotatable bonds is 6. The zero-order chi connectivity index (χ0) is 14.5. The lowest BCUT2D eigenvalue weighted by molar-refractivity contribution is -0.142. The molecule has 1 aliphatic rings. The van der Waals surface area contributed by atoms with Gasteiger partial charge in [0, 0.05) is 17.6 Å². The number of carboxylic acid groups (broad SMARTS) is 1. The first kappa shape index (κ1) is 14.6. The minimum absolute atomic E-state index is 0.250. The van der Waals surface area contributed by atoms with Gasteiger partial charge in [0.15, 0.2) is 0 Å². The molecule has 2 rings (SSSR count). The van der Waals surface area contributed by atoms with Gasteiger partial charge in [0.2, 0.25) is 5.91 Å². The number of amides is 1. The first-order chi connectivity index (χ1) is 9.54. The second-order valence-corrected chi connectivity index (χ2v) is 5.38. The summed E-state index contributed by atoms with van der Waals surface area (Å²) in [5.74, 6) is -0.796. The third-order valence-electron chi connectivity index (χ3n) is 3.10. The van der Waals surface area contributed by atoms with E-state index in [4.69, 9.17) is 16.7 Å². The monoisotopic (exact) mass is 293 g/mol. The van der Waals surface area contributed by atoms with E-state index in [-0.39, 0.29) is 12.5 Å². The Hall–Kier alpha value is -1.81. The van der Waals surface area contributed by atoms with Gasteiger partial charge in [0.05, 0.1) is 0 Å². The highest BCUT2D eigenvalue weighted by atomic mass is 35.5. The third-order valence-corrected chi connectivity index (χ3v) is 3.35. The van der Waals surface area contributed by atoms with Gasteiger partial charge < -0.3 is 10.0 Å². The van der Waals surface area contributed by atoms with Crippen molar-refractivity contribution in [3.63, 3.8) is 0 Å². The van der Waals surface area contributed by atoms with Crippen LogP contribution in [0.2, 0.25) is 5.02 Å². The predicted molar refractivity (Wildman–Crippen MR) is 77.4 cm³/mol. The summed E-state index contributed by atoms with van der Waals surface area (Å²) >= 11 is 5.78. The first-order valence-electron chi connectivity index (χ1n) is 6.49. The standard InChI is InChI=1S/C15H16ClNO3/c16-13-6-3-11(4-7-13)5-8-14(18)17(10-15(19)20)9-12-1-2-12/h3-8,12H,1-2,9-10H2,(H,19,20)/b8-5+. The van der Waals surface area contributed by atoms with E-state index in [9.17, 15) is 9.59 Å². The van der Waals surface area contributed by atoms with Crippen LogP contribution in [0.3, 0.4) is 0 Å². The summed E-state index contributed by atoms with van der Waals surface area (Å²) in [5, 5.41) is 9.48. The minimum atomic E-state index is -0.987. The van der Waals surface area contributed by atoms with Crippen LogP contribution in [0, 0.1) is 5.92 Å². The summed E-state index contributed by atoms with van der Waals surface area (Å²) in [7, 11) is 0. The molecule has 0 aromatic heterocycles. The molecule has 1 aromatic rings. The molecule has 4 nitrogen and oxygen atoms in total. The molecule has 1 amide bonds. The van der Waals surface area contributed by atoms with Crippen molar-refractivity contribution in [2.45, 2.75) is 12.8 Å². The number of halogens is 1. The molecule has 1 N–H and O–H groups in total. The van der Waals surface area contributed by atoms with E-state index in [0.717, 1.165) is 18.4 Å². The summed E-state index contributed by atoms with van der Waals surface area (Å²) < 4.78 is 0. The van der Waals surface area contributed by atoms with Crippen molar-refractivity contribution in [2.75, 3.05) is 13.1 Å². The van der Waals surface area contributed by atoms with Crippen LogP contribution in [0.4, 0.5) is 0 Å². The van der Waals surface area contributed by atoms with Crippen LogP contribution in [0.25, 0.3) is 6.08 Å². The molecule has 0 heterocycles. The number of nitrogens with zero attached hydrogens (tertiary/aromatic N) is 1. The fourth-order valence-corrected chi connectivity index (χ4v) is 1.98. The van der Waals surface area contributed by atoms with Crippen molar-refractivity contribution >= 4 is 29.6 Å². The van der Waals surface area contributed by atoms with E-state index < -0.39 is 5.97 Å². The molecule has 0 bridgehead atoms. The zero-order valence-electron chi connectivity index (χ0n) is 11.0. The van der Waals surface area contributed by atoms with Gasteiger partial charge in [-0.2, -0.15) is 0 Å². The Labute approximate surface area is 122 Å². The van der Waals surface area contributed by atoms with E-state index in [1.807, 2.05) is 0 Å². The minimum Gasteiger partial charge on any atom is -0.480 e. The number of hydrogen-bond donors (Lipinski definition) is 1. The largest absolute Gasteiger partial charge is 0.480 e. The van der Waals surface area contributed by atoms with Crippen LogP contribution in [-0.2, 0) is 9.59 Å². The van der Waals surface area contributed by atoms with Gasteiger partial charge in [-0.1, -0.05) is 23.7 Å². The molecule has 0 unspecified atom stereocenters. The molecule has 1 saturated carbocycles. The molecule has 0 aliphatic heterocycles. The number of carbonyl (C=O) groups is 2. The topological polar surface area (TPSA) is 57.6 Å². The number of hydrogen-bond acceptors (Lipinski definition) is 2. The Bertz CT molecular complexity index is 520. The summed E-state index contributed by atoms with van der Waals surface area (Å²) in [6, 6.07) is 7.08. The molecule has 1 aliphatic carbocycles. The first-order valence-corrected chi connectivity index (χ1v) is 6.87. The maximum Gasteiger partial charge on any atom is 0.323 e. The highest BCUT2D eigenvalue weighted by Gasteiger charge is 2.26. The van der Waals surface area contributed by atoms with Crippen molar-refractivity contribution < 1.29 is 14.7 Å². The van der Waals surface area contributed by atoms with Gasteiger partial charge in [-0.3, -0.25) is 9.59 Å². The van der Waals surface area contributed by atoms with Crippen molar-refractivity contribution in [3.05, 3.63) is 40.9 Å². The lowest BCUT2D eigenvalue weighted by atomic mass is 10.2. The molecule has 0 spiro atoms. The molecule has 106 valence electrons. The van der Waals surface area contributed by atoms with E-state index in [1.165, 1.54) is 11.0 Å². The Morgan fingerprint density at radius 3 is 2.50 bits per heavy atom. The summed E-state index contributed by atoms with van der Waals surface area (Å²) in [4.78, 5) is 24.2. The average molecular weight is 294 g/mol. The summed E-state index contributed by atoms with van der Waals surface area (Å²) in [6.07, 6.45) is 5.23. The van der Waals surface area contributed by atoms with Crippen LogP contribution in [0.5, 0.6) is 0 Å². The quantitative estimate of drug-likeness (QED) is 0.820. The van der Waals surface area contributed by atoms with E-state index in [2.05, 4.69) is 0 Å². The van der Waals surface area contributed by atoms with E-state index >= 15 is 0 Å². The normalized spacial score (nSPS) is 14.4. The Morgan fingerprint density at radius 1 is 1.30 bits per heavy atom.